The quantitative estimate of drug-likeness (QED) is 0.857. The zero-order valence-electron chi connectivity index (χ0n) is 9.18. The molecule has 2 rings (SSSR count). The van der Waals surface area contributed by atoms with Crippen LogP contribution < -0.4 is 5.32 Å². The van der Waals surface area contributed by atoms with Crippen molar-refractivity contribution in [1.29, 1.82) is 0 Å². The minimum Gasteiger partial charge on any atom is -0.314 e. The summed E-state index contributed by atoms with van der Waals surface area (Å²) < 4.78 is 1.12. The topological polar surface area (TPSA) is 44.0 Å². The highest BCUT2D eigenvalue weighted by atomic mass is 79.9. The molecule has 1 fully saturated rings. The van der Waals surface area contributed by atoms with Crippen molar-refractivity contribution in [3.63, 3.8) is 0 Å². The fourth-order valence-corrected chi connectivity index (χ4v) is 2.46. The summed E-state index contributed by atoms with van der Waals surface area (Å²) in [5.41, 5.74) is 2.22. The van der Waals surface area contributed by atoms with Crippen molar-refractivity contribution in [3.05, 3.63) is 15.9 Å². The second-order valence-electron chi connectivity index (χ2n) is 4.01. The van der Waals surface area contributed by atoms with Crippen molar-refractivity contribution in [2.45, 2.75) is 19.9 Å². The summed E-state index contributed by atoms with van der Waals surface area (Å²) in [4.78, 5) is 2.46. The number of rotatable bonds is 2. The van der Waals surface area contributed by atoms with Crippen molar-refractivity contribution < 1.29 is 0 Å². The van der Waals surface area contributed by atoms with Crippen LogP contribution in [0.3, 0.4) is 0 Å². The molecule has 0 radical (unpaired) electrons. The average Bonchev–Trinajstić information content (AvgIpc) is 2.60. The minimum absolute atomic E-state index is 0.381. The van der Waals surface area contributed by atoms with Gasteiger partial charge in [-0.1, -0.05) is 0 Å². The molecule has 2 N–H and O–H groups in total. The van der Waals surface area contributed by atoms with Crippen LogP contribution in [-0.2, 0) is 0 Å². The first-order valence-corrected chi connectivity index (χ1v) is 6.14. The van der Waals surface area contributed by atoms with Gasteiger partial charge in [-0.3, -0.25) is 10.00 Å². The SMILES string of the molecule is Cc1[nH]nc(C(C)N2CCNCC2)c1Br. The van der Waals surface area contributed by atoms with Gasteiger partial charge in [-0.2, -0.15) is 5.10 Å². The molecule has 0 saturated carbocycles. The van der Waals surface area contributed by atoms with Gasteiger partial charge < -0.3 is 5.32 Å². The summed E-state index contributed by atoms with van der Waals surface area (Å²) in [6.07, 6.45) is 0. The van der Waals surface area contributed by atoms with Gasteiger partial charge in [0.25, 0.3) is 0 Å². The van der Waals surface area contributed by atoms with E-state index in [1.54, 1.807) is 0 Å². The zero-order valence-corrected chi connectivity index (χ0v) is 10.8. The first-order chi connectivity index (χ1) is 7.20. The third-order valence-corrected chi connectivity index (χ3v) is 3.99. The van der Waals surface area contributed by atoms with E-state index in [9.17, 15) is 0 Å². The van der Waals surface area contributed by atoms with E-state index in [4.69, 9.17) is 0 Å². The van der Waals surface area contributed by atoms with Gasteiger partial charge in [0.2, 0.25) is 0 Å². The van der Waals surface area contributed by atoms with Gasteiger partial charge in [-0.05, 0) is 29.8 Å². The second kappa shape index (κ2) is 4.63. The van der Waals surface area contributed by atoms with Gasteiger partial charge in [0.05, 0.1) is 16.2 Å². The van der Waals surface area contributed by atoms with E-state index in [0.29, 0.717) is 6.04 Å². The van der Waals surface area contributed by atoms with Crippen LogP contribution in [0.1, 0.15) is 24.4 Å². The highest BCUT2D eigenvalue weighted by molar-refractivity contribution is 9.10. The van der Waals surface area contributed by atoms with Gasteiger partial charge in [0, 0.05) is 31.9 Å². The third-order valence-electron chi connectivity index (χ3n) is 2.99. The lowest BCUT2D eigenvalue weighted by atomic mass is 10.1. The van der Waals surface area contributed by atoms with Crippen LogP contribution in [-0.4, -0.2) is 41.3 Å². The summed E-state index contributed by atoms with van der Waals surface area (Å²) in [7, 11) is 0. The van der Waals surface area contributed by atoms with Crippen LogP contribution >= 0.6 is 15.9 Å². The van der Waals surface area contributed by atoms with Crippen molar-refractivity contribution in [1.82, 2.24) is 20.4 Å². The van der Waals surface area contributed by atoms with Gasteiger partial charge in [0.15, 0.2) is 0 Å². The first-order valence-electron chi connectivity index (χ1n) is 5.35. The molecule has 1 unspecified atom stereocenters. The highest BCUT2D eigenvalue weighted by Crippen LogP contribution is 2.27. The van der Waals surface area contributed by atoms with Crippen molar-refractivity contribution in [2.24, 2.45) is 0 Å². The Kier molecular flexibility index (Phi) is 3.43. The Bertz CT molecular complexity index is 330. The number of nitrogens with one attached hydrogen (secondary N) is 2. The van der Waals surface area contributed by atoms with E-state index in [2.05, 4.69) is 43.3 Å². The van der Waals surface area contributed by atoms with Gasteiger partial charge >= 0.3 is 0 Å². The molecule has 1 saturated heterocycles. The van der Waals surface area contributed by atoms with Crippen LogP contribution in [0.5, 0.6) is 0 Å². The second-order valence-corrected chi connectivity index (χ2v) is 4.80. The van der Waals surface area contributed by atoms with Crippen LogP contribution in [0.2, 0.25) is 0 Å². The van der Waals surface area contributed by atoms with E-state index in [-0.39, 0.29) is 0 Å². The number of aromatic amines is 1. The molecule has 1 aromatic heterocycles. The van der Waals surface area contributed by atoms with E-state index in [0.717, 1.165) is 42.0 Å². The number of H-pyrrole nitrogens is 1. The van der Waals surface area contributed by atoms with Crippen molar-refractivity contribution in [2.75, 3.05) is 26.2 Å². The van der Waals surface area contributed by atoms with Gasteiger partial charge in [-0.15, -0.1) is 0 Å². The molecule has 0 bridgehead atoms. The number of piperazine rings is 1. The highest BCUT2D eigenvalue weighted by Gasteiger charge is 2.22. The largest absolute Gasteiger partial charge is 0.314 e. The predicted molar refractivity (Wildman–Crippen MR) is 63.9 cm³/mol. The third kappa shape index (κ3) is 2.24. The van der Waals surface area contributed by atoms with Crippen LogP contribution in [0, 0.1) is 6.92 Å². The van der Waals surface area contributed by atoms with E-state index < -0.39 is 0 Å². The maximum Gasteiger partial charge on any atom is 0.0935 e. The predicted octanol–water partition coefficient (Wildman–Crippen LogP) is 1.45. The molecule has 2 heterocycles. The van der Waals surface area contributed by atoms with Crippen LogP contribution in [0.4, 0.5) is 0 Å². The standard InChI is InChI=1S/C10H17BrN4/c1-7-9(11)10(14-13-7)8(2)15-5-3-12-4-6-15/h8,12H,3-6H2,1-2H3,(H,13,14). The molecule has 1 aromatic rings. The maximum atomic E-state index is 4.36. The fraction of sp³-hybridized carbons (Fsp3) is 0.700. The molecule has 4 nitrogen and oxygen atoms in total. The number of hydrogen-bond acceptors (Lipinski definition) is 3. The first kappa shape index (κ1) is 11.1. The van der Waals surface area contributed by atoms with Crippen LogP contribution in [0.15, 0.2) is 4.47 Å². The Balaban J connectivity index is 2.12. The minimum atomic E-state index is 0.381. The smallest absolute Gasteiger partial charge is 0.0935 e. The van der Waals surface area contributed by atoms with E-state index in [1.807, 2.05) is 6.92 Å². The molecule has 0 spiro atoms. The van der Waals surface area contributed by atoms with Crippen LogP contribution in [0.25, 0.3) is 0 Å². The summed E-state index contributed by atoms with van der Waals surface area (Å²) in [5.74, 6) is 0. The van der Waals surface area contributed by atoms with Crippen molar-refractivity contribution in [3.8, 4) is 0 Å². The number of hydrogen-bond donors (Lipinski definition) is 2. The number of nitrogens with zero attached hydrogens (tertiary/aromatic N) is 2. The van der Waals surface area contributed by atoms with E-state index in [1.165, 1.54) is 0 Å². The van der Waals surface area contributed by atoms with Gasteiger partial charge in [0.1, 0.15) is 0 Å². The Labute approximate surface area is 98.6 Å². The summed E-state index contributed by atoms with van der Waals surface area (Å²) in [6, 6.07) is 0.381. The lowest BCUT2D eigenvalue weighted by molar-refractivity contribution is 0.182. The molecule has 0 aliphatic carbocycles. The van der Waals surface area contributed by atoms with E-state index >= 15 is 0 Å². The number of halogens is 1. The Morgan fingerprint density at radius 3 is 2.60 bits per heavy atom. The molecular formula is C10H17BrN4. The number of aryl methyl sites for hydroxylation is 1. The van der Waals surface area contributed by atoms with Crippen molar-refractivity contribution >= 4 is 15.9 Å². The van der Waals surface area contributed by atoms with Gasteiger partial charge in [-0.25, -0.2) is 0 Å². The average molecular weight is 273 g/mol. The fourth-order valence-electron chi connectivity index (χ4n) is 1.95. The Hall–Kier alpha value is -0.390. The molecule has 84 valence electrons. The lowest BCUT2D eigenvalue weighted by Crippen LogP contribution is -2.44. The Morgan fingerprint density at radius 2 is 2.07 bits per heavy atom. The Morgan fingerprint density at radius 1 is 1.40 bits per heavy atom. The molecular weight excluding hydrogens is 256 g/mol. The molecule has 1 aliphatic heterocycles. The molecule has 1 aliphatic rings. The number of aromatic nitrogens is 2. The molecule has 0 amide bonds. The molecule has 15 heavy (non-hydrogen) atoms. The molecule has 5 heteroatoms. The normalized spacial score (nSPS) is 20.5. The summed E-state index contributed by atoms with van der Waals surface area (Å²) >= 11 is 3.58. The summed E-state index contributed by atoms with van der Waals surface area (Å²) in [5, 5.41) is 10.7. The zero-order chi connectivity index (χ0) is 10.8. The lowest BCUT2D eigenvalue weighted by Gasteiger charge is -2.32. The molecule has 1 atom stereocenters. The monoisotopic (exact) mass is 272 g/mol. The summed E-state index contributed by atoms with van der Waals surface area (Å²) in [6.45, 7) is 8.59. The molecule has 0 aromatic carbocycles. The maximum absolute atomic E-state index is 4.36.